The highest BCUT2D eigenvalue weighted by atomic mass is 32.2. The first-order chi connectivity index (χ1) is 14.7. The number of nitrogens with zero attached hydrogens (tertiary/aromatic N) is 1. The van der Waals surface area contributed by atoms with Crippen LogP contribution in [-0.4, -0.2) is 41.8 Å². The number of nitrogens with one attached hydrogen (secondary N) is 1. The maximum Gasteiger partial charge on any atom is 0.255 e. The summed E-state index contributed by atoms with van der Waals surface area (Å²) in [4.78, 5) is 12.8. The molecule has 31 heavy (non-hydrogen) atoms. The van der Waals surface area contributed by atoms with Gasteiger partial charge in [0.1, 0.15) is 11.5 Å². The highest BCUT2D eigenvalue weighted by Gasteiger charge is 2.19. The van der Waals surface area contributed by atoms with Crippen molar-refractivity contribution in [3.63, 3.8) is 0 Å². The van der Waals surface area contributed by atoms with Gasteiger partial charge in [-0.3, -0.25) is 9.10 Å². The zero-order valence-corrected chi connectivity index (χ0v) is 18.6. The number of rotatable bonds is 7. The van der Waals surface area contributed by atoms with Crippen LogP contribution in [0.5, 0.6) is 11.5 Å². The normalized spacial score (nSPS) is 11.0. The molecule has 0 aliphatic carbocycles. The van der Waals surface area contributed by atoms with Crippen molar-refractivity contribution in [1.29, 1.82) is 0 Å². The van der Waals surface area contributed by atoms with E-state index in [-0.39, 0.29) is 5.91 Å². The lowest BCUT2D eigenvalue weighted by Crippen LogP contribution is -2.26. The fourth-order valence-electron chi connectivity index (χ4n) is 2.99. The Labute approximate surface area is 182 Å². The quantitative estimate of drug-likeness (QED) is 0.600. The maximum absolute atomic E-state index is 12.8. The molecule has 0 spiro atoms. The summed E-state index contributed by atoms with van der Waals surface area (Å²) < 4.78 is 35.7. The summed E-state index contributed by atoms with van der Waals surface area (Å²) >= 11 is 0. The van der Waals surface area contributed by atoms with E-state index in [9.17, 15) is 13.2 Å². The number of hydrogen-bond donors (Lipinski definition) is 1. The molecular weight excluding hydrogens is 416 g/mol. The highest BCUT2D eigenvalue weighted by molar-refractivity contribution is 7.92. The first kappa shape index (κ1) is 22.2. The molecule has 0 atom stereocenters. The first-order valence-corrected chi connectivity index (χ1v) is 11.3. The van der Waals surface area contributed by atoms with Crippen molar-refractivity contribution < 1.29 is 22.7 Å². The first-order valence-electron chi connectivity index (χ1n) is 9.40. The van der Waals surface area contributed by atoms with Gasteiger partial charge in [-0.25, -0.2) is 8.42 Å². The van der Waals surface area contributed by atoms with Crippen LogP contribution in [0.1, 0.15) is 10.4 Å². The lowest BCUT2D eigenvalue weighted by molar-refractivity contribution is 0.102. The molecule has 0 aliphatic rings. The van der Waals surface area contributed by atoms with Gasteiger partial charge in [-0.2, -0.15) is 0 Å². The summed E-state index contributed by atoms with van der Waals surface area (Å²) in [6.07, 6.45) is 1.11. The number of carbonyl (C=O) groups excluding carboxylic acids is 1. The summed E-state index contributed by atoms with van der Waals surface area (Å²) in [6, 6.07) is 19.3. The number of hydrogen-bond acceptors (Lipinski definition) is 5. The Morgan fingerprint density at radius 2 is 1.35 bits per heavy atom. The summed E-state index contributed by atoms with van der Waals surface area (Å²) in [5.41, 5.74) is 2.87. The molecule has 1 amide bonds. The largest absolute Gasteiger partial charge is 0.497 e. The predicted molar refractivity (Wildman–Crippen MR) is 123 cm³/mol. The second-order valence-electron chi connectivity index (χ2n) is 6.87. The van der Waals surface area contributed by atoms with Gasteiger partial charge in [0, 0.05) is 12.6 Å². The van der Waals surface area contributed by atoms with Crippen molar-refractivity contribution in [3.05, 3.63) is 72.3 Å². The SMILES string of the molecule is COc1ccc(C(=O)Nc2cc(-c3ccc(OC)cc3)ccc2N(C)S(C)(=O)=O)cc1. The van der Waals surface area contributed by atoms with E-state index in [0.29, 0.717) is 22.7 Å². The van der Waals surface area contributed by atoms with E-state index in [4.69, 9.17) is 9.47 Å². The van der Waals surface area contributed by atoms with Crippen LogP contribution in [0.15, 0.2) is 66.7 Å². The van der Waals surface area contributed by atoms with Gasteiger partial charge in [-0.15, -0.1) is 0 Å². The van der Waals surface area contributed by atoms with Gasteiger partial charge in [0.15, 0.2) is 0 Å². The Hall–Kier alpha value is -3.52. The molecule has 0 fully saturated rings. The van der Waals surface area contributed by atoms with Crippen molar-refractivity contribution in [2.24, 2.45) is 0 Å². The molecule has 0 unspecified atom stereocenters. The summed E-state index contributed by atoms with van der Waals surface area (Å²) in [5, 5.41) is 2.84. The molecule has 0 radical (unpaired) electrons. The summed E-state index contributed by atoms with van der Waals surface area (Å²) in [7, 11) is 1.06. The highest BCUT2D eigenvalue weighted by Crippen LogP contribution is 2.33. The number of sulfonamides is 1. The van der Waals surface area contributed by atoms with E-state index in [1.807, 2.05) is 30.3 Å². The third-order valence-electron chi connectivity index (χ3n) is 4.86. The Balaban J connectivity index is 2.01. The fraction of sp³-hybridized carbons (Fsp3) is 0.174. The lowest BCUT2D eigenvalue weighted by Gasteiger charge is -2.21. The molecule has 7 nitrogen and oxygen atoms in total. The molecule has 8 heteroatoms. The molecule has 0 aliphatic heterocycles. The predicted octanol–water partition coefficient (Wildman–Crippen LogP) is 4.02. The van der Waals surface area contributed by atoms with E-state index in [0.717, 1.165) is 27.4 Å². The van der Waals surface area contributed by atoms with Crippen molar-refractivity contribution >= 4 is 27.3 Å². The zero-order chi connectivity index (χ0) is 22.6. The molecule has 3 aromatic rings. The van der Waals surface area contributed by atoms with Crippen LogP contribution >= 0.6 is 0 Å². The van der Waals surface area contributed by atoms with Crippen LogP contribution in [0.3, 0.4) is 0 Å². The third kappa shape index (κ3) is 5.16. The van der Waals surface area contributed by atoms with E-state index < -0.39 is 10.0 Å². The number of ether oxygens (including phenoxy) is 2. The van der Waals surface area contributed by atoms with Crippen molar-refractivity contribution in [2.45, 2.75) is 0 Å². The molecule has 3 aromatic carbocycles. The van der Waals surface area contributed by atoms with Gasteiger partial charge in [0.05, 0.1) is 31.9 Å². The Bertz CT molecular complexity index is 1170. The van der Waals surface area contributed by atoms with Gasteiger partial charge >= 0.3 is 0 Å². The number of anilines is 2. The molecule has 0 saturated heterocycles. The fourth-order valence-corrected chi connectivity index (χ4v) is 3.51. The van der Waals surface area contributed by atoms with Gasteiger partial charge in [0.25, 0.3) is 5.91 Å². The van der Waals surface area contributed by atoms with Crippen molar-refractivity contribution in [3.8, 4) is 22.6 Å². The monoisotopic (exact) mass is 440 g/mol. The van der Waals surface area contributed by atoms with E-state index in [1.54, 1.807) is 50.6 Å². The van der Waals surface area contributed by atoms with Gasteiger partial charge < -0.3 is 14.8 Å². The van der Waals surface area contributed by atoms with Crippen LogP contribution in [0.25, 0.3) is 11.1 Å². The molecule has 0 saturated carbocycles. The second-order valence-corrected chi connectivity index (χ2v) is 8.89. The topological polar surface area (TPSA) is 84.9 Å². The minimum Gasteiger partial charge on any atom is -0.497 e. The van der Waals surface area contributed by atoms with Gasteiger partial charge in [-0.1, -0.05) is 18.2 Å². The molecule has 0 aromatic heterocycles. The van der Waals surface area contributed by atoms with Crippen molar-refractivity contribution in [1.82, 2.24) is 0 Å². The standard InChI is InChI=1S/C23H24N2O5S/c1-25(31(4,27)28)22-14-9-18(16-5-10-19(29-2)11-6-16)15-21(22)24-23(26)17-7-12-20(30-3)13-8-17/h5-15H,1-4H3,(H,24,26). The van der Waals surface area contributed by atoms with Crippen LogP contribution in [-0.2, 0) is 10.0 Å². The number of carbonyl (C=O) groups is 1. The number of amides is 1. The van der Waals surface area contributed by atoms with Crippen LogP contribution < -0.4 is 19.1 Å². The lowest BCUT2D eigenvalue weighted by atomic mass is 10.0. The average Bonchev–Trinajstić information content (AvgIpc) is 2.78. The summed E-state index contributed by atoms with van der Waals surface area (Å²) in [6.45, 7) is 0. The maximum atomic E-state index is 12.8. The van der Waals surface area contributed by atoms with Crippen LogP contribution in [0.4, 0.5) is 11.4 Å². The Morgan fingerprint density at radius 3 is 1.87 bits per heavy atom. The number of benzene rings is 3. The zero-order valence-electron chi connectivity index (χ0n) is 17.7. The minimum absolute atomic E-state index is 0.363. The molecule has 3 rings (SSSR count). The van der Waals surface area contributed by atoms with Gasteiger partial charge in [-0.05, 0) is 59.7 Å². The Morgan fingerprint density at radius 1 is 0.839 bits per heavy atom. The molecule has 1 N–H and O–H groups in total. The molecule has 0 heterocycles. The summed E-state index contributed by atoms with van der Waals surface area (Å²) in [5.74, 6) is 0.999. The number of methoxy groups -OCH3 is 2. The minimum atomic E-state index is -3.53. The van der Waals surface area contributed by atoms with Crippen molar-refractivity contribution in [2.75, 3.05) is 37.1 Å². The molecule has 0 bridgehead atoms. The third-order valence-corrected chi connectivity index (χ3v) is 6.05. The molecular formula is C23H24N2O5S. The van der Waals surface area contributed by atoms with Crippen LogP contribution in [0, 0.1) is 0 Å². The average molecular weight is 441 g/mol. The Kier molecular flexibility index (Phi) is 6.50. The van der Waals surface area contributed by atoms with E-state index >= 15 is 0 Å². The second kappa shape index (κ2) is 9.09. The van der Waals surface area contributed by atoms with E-state index in [2.05, 4.69) is 5.32 Å². The smallest absolute Gasteiger partial charge is 0.255 e. The molecule has 162 valence electrons. The van der Waals surface area contributed by atoms with Crippen LogP contribution in [0.2, 0.25) is 0 Å². The van der Waals surface area contributed by atoms with E-state index in [1.165, 1.54) is 7.05 Å². The van der Waals surface area contributed by atoms with Gasteiger partial charge in [0.2, 0.25) is 10.0 Å².